The molecule has 0 saturated heterocycles. The zero-order valence-corrected chi connectivity index (χ0v) is 16.4. The molecule has 0 aromatic heterocycles. The third kappa shape index (κ3) is 4.17. The molecule has 0 saturated carbocycles. The summed E-state index contributed by atoms with van der Waals surface area (Å²) in [5.74, 6) is 0. The van der Waals surface area contributed by atoms with Gasteiger partial charge in [0.1, 0.15) is 0 Å². The molecule has 0 atom stereocenters. The lowest BCUT2D eigenvalue weighted by molar-refractivity contribution is 1.29. The highest BCUT2D eigenvalue weighted by Crippen LogP contribution is 2.40. The molecular formula is C27H26. The molecule has 0 aliphatic heterocycles. The van der Waals surface area contributed by atoms with Crippen LogP contribution in [0.1, 0.15) is 37.5 Å². The molecule has 0 bridgehead atoms. The lowest BCUT2D eigenvalue weighted by atomic mass is 9.82. The Morgan fingerprint density at radius 2 is 0.926 bits per heavy atom. The Bertz CT molecular complexity index is 926. The van der Waals surface area contributed by atoms with Crippen LogP contribution in [0.15, 0.2) is 114 Å². The molecule has 0 heteroatoms. The van der Waals surface area contributed by atoms with Gasteiger partial charge in [-0.25, -0.2) is 0 Å². The van der Waals surface area contributed by atoms with E-state index in [1.54, 1.807) is 0 Å². The lowest BCUT2D eigenvalue weighted by Crippen LogP contribution is -2.01. The Kier molecular flexibility index (Phi) is 5.88. The highest BCUT2D eigenvalue weighted by Gasteiger charge is 2.18. The van der Waals surface area contributed by atoms with Crippen LogP contribution in [0, 0.1) is 0 Å². The predicted molar refractivity (Wildman–Crippen MR) is 118 cm³/mol. The highest BCUT2D eigenvalue weighted by atomic mass is 14.2. The molecule has 0 nitrogen and oxygen atoms in total. The monoisotopic (exact) mass is 350 g/mol. The van der Waals surface area contributed by atoms with Crippen LogP contribution in [0.2, 0.25) is 0 Å². The van der Waals surface area contributed by atoms with Gasteiger partial charge in [-0.1, -0.05) is 109 Å². The first-order valence-corrected chi connectivity index (χ1v) is 9.34. The summed E-state index contributed by atoms with van der Waals surface area (Å²) in [5, 5.41) is 0. The minimum atomic E-state index is 1.08. The second kappa shape index (κ2) is 8.51. The number of allylic oxidation sites excluding steroid dienone is 4. The Balaban J connectivity index is 2.48. The van der Waals surface area contributed by atoms with Gasteiger partial charge in [-0.15, -0.1) is 0 Å². The largest absolute Gasteiger partial charge is 0.0955 e. The van der Waals surface area contributed by atoms with E-state index in [0.29, 0.717) is 0 Å². The average Bonchev–Trinajstić information content (AvgIpc) is 2.69. The summed E-state index contributed by atoms with van der Waals surface area (Å²) < 4.78 is 0. The van der Waals surface area contributed by atoms with Gasteiger partial charge in [-0.2, -0.15) is 0 Å². The third-order valence-corrected chi connectivity index (χ3v) is 4.61. The number of rotatable bonds is 5. The molecule has 3 rings (SSSR count). The molecule has 0 unspecified atom stereocenters. The first-order chi connectivity index (χ1) is 13.1. The van der Waals surface area contributed by atoms with Crippen LogP contribution in [-0.4, -0.2) is 0 Å². The normalized spacial score (nSPS) is 10.2. The fraction of sp³-hybridized carbons (Fsp3) is 0.111. The van der Waals surface area contributed by atoms with E-state index in [2.05, 4.69) is 118 Å². The van der Waals surface area contributed by atoms with Gasteiger partial charge in [-0.05, 0) is 54.2 Å². The second-order valence-electron chi connectivity index (χ2n) is 7.00. The van der Waals surface area contributed by atoms with Gasteiger partial charge in [0.05, 0.1) is 0 Å². The van der Waals surface area contributed by atoms with Crippen molar-refractivity contribution in [1.29, 1.82) is 0 Å². The zero-order valence-electron chi connectivity index (χ0n) is 16.4. The van der Waals surface area contributed by atoms with Crippen molar-refractivity contribution in [2.24, 2.45) is 0 Å². The molecule has 0 heterocycles. The molecule has 0 N–H and O–H groups in total. The molecule has 0 amide bonds. The quantitative estimate of drug-likeness (QED) is 0.329. The van der Waals surface area contributed by atoms with Crippen LogP contribution in [0.4, 0.5) is 0 Å². The third-order valence-electron chi connectivity index (χ3n) is 4.61. The molecule has 3 aromatic rings. The van der Waals surface area contributed by atoms with E-state index in [9.17, 15) is 0 Å². The van der Waals surface area contributed by atoms with Gasteiger partial charge in [0, 0.05) is 0 Å². The summed E-state index contributed by atoms with van der Waals surface area (Å²) in [5.41, 5.74) is 9.68. The fourth-order valence-electron chi connectivity index (χ4n) is 3.57. The fourth-order valence-corrected chi connectivity index (χ4v) is 3.57. The van der Waals surface area contributed by atoms with E-state index >= 15 is 0 Å². The van der Waals surface area contributed by atoms with Crippen molar-refractivity contribution < 1.29 is 0 Å². The van der Waals surface area contributed by atoms with E-state index in [1.165, 1.54) is 39.0 Å². The van der Waals surface area contributed by atoms with Crippen molar-refractivity contribution in [2.75, 3.05) is 0 Å². The van der Waals surface area contributed by atoms with Crippen molar-refractivity contribution in [3.05, 3.63) is 131 Å². The Morgan fingerprint density at radius 3 is 1.26 bits per heavy atom. The van der Waals surface area contributed by atoms with Crippen LogP contribution >= 0.6 is 0 Å². The Labute approximate surface area is 163 Å². The molecule has 0 aliphatic carbocycles. The van der Waals surface area contributed by atoms with Crippen molar-refractivity contribution in [3.63, 3.8) is 0 Å². The molecule has 0 fully saturated rings. The molecule has 134 valence electrons. The van der Waals surface area contributed by atoms with E-state index in [0.717, 1.165) is 5.57 Å². The highest BCUT2D eigenvalue weighted by molar-refractivity contribution is 6.06. The standard InChI is InChI=1S/C27H26/c1-20(2)25(21(3)4)27(24-18-12-7-13-19-24)26(22-14-8-5-9-15-22)23-16-10-6-11-17-23/h5-19H,1H2,2-4H3. The van der Waals surface area contributed by atoms with Gasteiger partial charge in [0.2, 0.25) is 0 Å². The molecule has 0 aliphatic rings. The van der Waals surface area contributed by atoms with Crippen LogP contribution in [0.25, 0.3) is 11.1 Å². The Morgan fingerprint density at radius 1 is 0.556 bits per heavy atom. The first kappa shape index (κ1) is 18.7. The van der Waals surface area contributed by atoms with Crippen LogP contribution < -0.4 is 0 Å². The zero-order chi connectivity index (χ0) is 19.2. The summed E-state index contributed by atoms with van der Waals surface area (Å²) in [6.45, 7) is 10.7. The topological polar surface area (TPSA) is 0 Å². The number of hydrogen-bond donors (Lipinski definition) is 0. The molecule has 0 spiro atoms. The summed E-state index contributed by atoms with van der Waals surface area (Å²) >= 11 is 0. The van der Waals surface area contributed by atoms with Crippen molar-refractivity contribution in [2.45, 2.75) is 20.8 Å². The minimum Gasteiger partial charge on any atom is -0.0955 e. The van der Waals surface area contributed by atoms with E-state index in [1.807, 2.05) is 0 Å². The van der Waals surface area contributed by atoms with E-state index < -0.39 is 0 Å². The minimum absolute atomic E-state index is 1.08. The SMILES string of the molecule is C=C(C)C(=C(C)C)C(=C(c1ccccc1)c1ccccc1)c1ccccc1. The first-order valence-electron chi connectivity index (χ1n) is 9.34. The maximum absolute atomic E-state index is 4.30. The van der Waals surface area contributed by atoms with Crippen LogP contribution in [0.5, 0.6) is 0 Å². The molecule has 3 aromatic carbocycles. The summed E-state index contributed by atoms with van der Waals surface area (Å²) in [7, 11) is 0. The van der Waals surface area contributed by atoms with Gasteiger partial charge in [0.15, 0.2) is 0 Å². The van der Waals surface area contributed by atoms with Gasteiger partial charge in [0.25, 0.3) is 0 Å². The van der Waals surface area contributed by atoms with Crippen molar-refractivity contribution in [3.8, 4) is 0 Å². The van der Waals surface area contributed by atoms with E-state index in [4.69, 9.17) is 0 Å². The molecule has 27 heavy (non-hydrogen) atoms. The van der Waals surface area contributed by atoms with Crippen LogP contribution in [0.3, 0.4) is 0 Å². The lowest BCUT2D eigenvalue weighted by Gasteiger charge is -2.21. The predicted octanol–water partition coefficient (Wildman–Crippen LogP) is 7.56. The van der Waals surface area contributed by atoms with Crippen molar-refractivity contribution in [1.82, 2.24) is 0 Å². The van der Waals surface area contributed by atoms with Gasteiger partial charge >= 0.3 is 0 Å². The van der Waals surface area contributed by atoms with E-state index in [-0.39, 0.29) is 0 Å². The summed E-state index contributed by atoms with van der Waals surface area (Å²) in [4.78, 5) is 0. The smallest absolute Gasteiger partial charge is 0.00250 e. The molecule has 0 radical (unpaired) electrons. The second-order valence-corrected chi connectivity index (χ2v) is 7.00. The van der Waals surface area contributed by atoms with Gasteiger partial charge in [-0.3, -0.25) is 0 Å². The maximum Gasteiger partial charge on any atom is -0.00250 e. The van der Waals surface area contributed by atoms with Gasteiger partial charge < -0.3 is 0 Å². The number of benzene rings is 3. The maximum atomic E-state index is 4.30. The molecular weight excluding hydrogens is 324 g/mol. The Hall–Kier alpha value is -3.12. The number of hydrogen-bond acceptors (Lipinski definition) is 0. The summed E-state index contributed by atoms with van der Waals surface area (Å²) in [6, 6.07) is 31.9. The average molecular weight is 351 g/mol. The van der Waals surface area contributed by atoms with Crippen molar-refractivity contribution >= 4 is 11.1 Å². The summed E-state index contributed by atoms with van der Waals surface area (Å²) in [6.07, 6.45) is 0. The van der Waals surface area contributed by atoms with Crippen LogP contribution in [-0.2, 0) is 0 Å².